The third-order valence-corrected chi connectivity index (χ3v) is 9.65. The number of piperidine rings is 2. The van der Waals surface area contributed by atoms with E-state index in [1.165, 1.54) is 11.1 Å². The van der Waals surface area contributed by atoms with Crippen LogP contribution in [0.3, 0.4) is 0 Å². The number of amides is 1. The Morgan fingerprint density at radius 3 is 2.11 bits per heavy atom. The van der Waals surface area contributed by atoms with Gasteiger partial charge in [-0.1, -0.05) is 47.5 Å². The van der Waals surface area contributed by atoms with Crippen LogP contribution in [0.4, 0.5) is 0 Å². The Morgan fingerprint density at radius 1 is 0.886 bits per heavy atom. The van der Waals surface area contributed by atoms with E-state index in [1.807, 2.05) is 32.9 Å². The number of hydrogen-bond donors (Lipinski definition) is 1. The molecule has 2 aromatic carbocycles. The maximum Gasteiger partial charge on any atom is 0.243 e. The van der Waals surface area contributed by atoms with Crippen LogP contribution >= 0.6 is 0 Å². The largest absolute Gasteiger partial charge is 0.353 e. The van der Waals surface area contributed by atoms with Gasteiger partial charge in [-0.3, -0.25) is 9.69 Å². The molecule has 0 saturated carbocycles. The molecule has 1 N–H and O–H groups in total. The molecule has 0 radical (unpaired) electrons. The van der Waals surface area contributed by atoms with Crippen LogP contribution in [0, 0.1) is 33.6 Å². The van der Waals surface area contributed by atoms with Gasteiger partial charge in [-0.15, -0.1) is 0 Å². The zero-order valence-corrected chi connectivity index (χ0v) is 22.3. The number of aryl methyl sites for hydroxylation is 4. The van der Waals surface area contributed by atoms with Crippen LogP contribution in [-0.4, -0.2) is 55.8 Å². The van der Waals surface area contributed by atoms with Crippen molar-refractivity contribution in [3.05, 3.63) is 64.2 Å². The van der Waals surface area contributed by atoms with Gasteiger partial charge in [0.25, 0.3) is 0 Å². The van der Waals surface area contributed by atoms with Crippen molar-refractivity contribution in [3.63, 3.8) is 0 Å². The zero-order chi connectivity index (χ0) is 25.2. The van der Waals surface area contributed by atoms with E-state index in [2.05, 4.69) is 41.4 Å². The molecule has 190 valence electrons. The molecule has 2 aromatic rings. The van der Waals surface area contributed by atoms with Crippen molar-refractivity contribution in [2.45, 2.75) is 70.9 Å². The van der Waals surface area contributed by atoms with E-state index < -0.39 is 10.0 Å². The Balaban J connectivity index is 1.26. The highest BCUT2D eigenvalue weighted by molar-refractivity contribution is 7.89. The molecule has 35 heavy (non-hydrogen) atoms. The van der Waals surface area contributed by atoms with Crippen molar-refractivity contribution in [2.75, 3.05) is 26.2 Å². The molecule has 0 atom stereocenters. The van der Waals surface area contributed by atoms with Gasteiger partial charge in [0.2, 0.25) is 15.9 Å². The first kappa shape index (κ1) is 25.9. The summed E-state index contributed by atoms with van der Waals surface area (Å²) in [6.07, 6.45) is 3.05. The third kappa shape index (κ3) is 6.13. The predicted molar refractivity (Wildman–Crippen MR) is 140 cm³/mol. The number of sulfonamides is 1. The summed E-state index contributed by atoms with van der Waals surface area (Å²) in [4.78, 5) is 15.8. The van der Waals surface area contributed by atoms with Gasteiger partial charge in [0, 0.05) is 44.7 Å². The van der Waals surface area contributed by atoms with Crippen molar-refractivity contribution in [2.24, 2.45) is 5.92 Å². The lowest BCUT2D eigenvalue weighted by Gasteiger charge is -2.35. The topological polar surface area (TPSA) is 69.7 Å². The minimum atomic E-state index is -3.56. The van der Waals surface area contributed by atoms with E-state index in [4.69, 9.17) is 0 Å². The van der Waals surface area contributed by atoms with Crippen LogP contribution in [0.1, 0.15) is 53.5 Å². The molecular weight excluding hydrogens is 458 g/mol. The fourth-order valence-corrected chi connectivity index (χ4v) is 7.57. The van der Waals surface area contributed by atoms with Gasteiger partial charge in [0.1, 0.15) is 0 Å². The molecule has 7 heteroatoms. The Hall–Kier alpha value is -2.22. The summed E-state index contributed by atoms with van der Waals surface area (Å²) >= 11 is 0. The fraction of sp³-hybridized carbons (Fsp3) is 0.536. The molecule has 4 rings (SSSR count). The number of carbonyl (C=O) groups excluding carboxylic acids is 1. The van der Waals surface area contributed by atoms with Crippen molar-refractivity contribution in [3.8, 4) is 0 Å². The van der Waals surface area contributed by atoms with Gasteiger partial charge in [0.15, 0.2) is 0 Å². The highest BCUT2D eigenvalue weighted by atomic mass is 32.2. The summed E-state index contributed by atoms with van der Waals surface area (Å²) in [7, 11) is -3.56. The van der Waals surface area contributed by atoms with Crippen LogP contribution in [-0.2, 0) is 21.4 Å². The zero-order valence-electron chi connectivity index (χ0n) is 21.5. The Labute approximate surface area is 210 Å². The third-order valence-electron chi connectivity index (χ3n) is 7.45. The molecule has 0 aromatic heterocycles. The Bertz CT molecular complexity index is 1140. The molecule has 2 fully saturated rings. The number of carbonyl (C=O) groups is 1. The second-order valence-corrected chi connectivity index (χ2v) is 12.3. The summed E-state index contributed by atoms with van der Waals surface area (Å²) < 4.78 is 28.2. The van der Waals surface area contributed by atoms with Gasteiger partial charge in [-0.2, -0.15) is 4.31 Å². The molecule has 0 spiro atoms. The molecule has 6 nitrogen and oxygen atoms in total. The summed E-state index contributed by atoms with van der Waals surface area (Å²) in [6.45, 7) is 11.5. The van der Waals surface area contributed by atoms with Crippen LogP contribution in [0.5, 0.6) is 0 Å². The average Bonchev–Trinajstić information content (AvgIpc) is 2.79. The first-order chi connectivity index (χ1) is 16.6. The minimum Gasteiger partial charge on any atom is -0.353 e. The monoisotopic (exact) mass is 497 g/mol. The second-order valence-electron chi connectivity index (χ2n) is 10.5. The van der Waals surface area contributed by atoms with Gasteiger partial charge < -0.3 is 5.32 Å². The lowest BCUT2D eigenvalue weighted by Crippen LogP contribution is -2.48. The van der Waals surface area contributed by atoms with Crippen molar-refractivity contribution >= 4 is 15.9 Å². The smallest absolute Gasteiger partial charge is 0.243 e. The molecule has 0 unspecified atom stereocenters. The maximum absolute atomic E-state index is 13.3. The van der Waals surface area contributed by atoms with E-state index in [1.54, 1.807) is 4.31 Å². The van der Waals surface area contributed by atoms with Gasteiger partial charge in [-0.05, 0) is 70.1 Å². The molecule has 2 heterocycles. The number of nitrogens with zero attached hydrogens (tertiary/aromatic N) is 2. The fourth-order valence-electron chi connectivity index (χ4n) is 5.68. The lowest BCUT2D eigenvalue weighted by atomic mass is 9.95. The minimum absolute atomic E-state index is 0.0851. The number of likely N-dealkylation sites (tertiary alicyclic amines) is 1. The number of nitrogens with one attached hydrogen (secondary N) is 1. The highest BCUT2D eigenvalue weighted by Crippen LogP contribution is 2.29. The van der Waals surface area contributed by atoms with Crippen LogP contribution < -0.4 is 5.32 Å². The Morgan fingerprint density at radius 2 is 1.51 bits per heavy atom. The molecule has 0 bridgehead atoms. The number of benzene rings is 2. The summed E-state index contributed by atoms with van der Waals surface area (Å²) in [5, 5.41) is 3.26. The first-order valence-corrected chi connectivity index (χ1v) is 14.2. The number of hydrogen-bond acceptors (Lipinski definition) is 4. The van der Waals surface area contributed by atoms with Crippen molar-refractivity contribution in [1.82, 2.24) is 14.5 Å². The molecule has 2 aliphatic heterocycles. The average molecular weight is 498 g/mol. The molecule has 0 aliphatic carbocycles. The SMILES string of the molecule is Cc1cccc(CN2CCC(NC(=O)C3CCN(S(=O)(=O)c4c(C)cc(C)cc4C)CC3)CC2)c1. The normalized spacial score (nSPS) is 19.1. The van der Waals surface area contributed by atoms with E-state index in [-0.39, 0.29) is 17.9 Å². The quantitative estimate of drug-likeness (QED) is 0.652. The molecule has 2 aliphatic rings. The van der Waals surface area contributed by atoms with Crippen LogP contribution in [0.25, 0.3) is 0 Å². The van der Waals surface area contributed by atoms with Gasteiger partial charge >= 0.3 is 0 Å². The Kier molecular flexibility index (Phi) is 7.99. The molecule has 1 amide bonds. The van der Waals surface area contributed by atoms with E-state index in [9.17, 15) is 13.2 Å². The van der Waals surface area contributed by atoms with Crippen molar-refractivity contribution < 1.29 is 13.2 Å². The lowest BCUT2D eigenvalue weighted by molar-refractivity contribution is -0.127. The summed E-state index contributed by atoms with van der Waals surface area (Å²) in [6, 6.07) is 12.7. The molecular formula is C28H39N3O3S. The first-order valence-electron chi connectivity index (χ1n) is 12.8. The van der Waals surface area contributed by atoms with Crippen molar-refractivity contribution in [1.29, 1.82) is 0 Å². The summed E-state index contributed by atoms with van der Waals surface area (Å²) in [5.41, 5.74) is 5.26. The molecule has 2 saturated heterocycles. The van der Waals surface area contributed by atoms with Gasteiger partial charge in [-0.25, -0.2) is 8.42 Å². The maximum atomic E-state index is 13.3. The second kappa shape index (κ2) is 10.8. The predicted octanol–water partition coefficient (Wildman–Crippen LogP) is 4.10. The van der Waals surface area contributed by atoms with E-state index >= 15 is 0 Å². The van der Waals surface area contributed by atoms with E-state index in [0.29, 0.717) is 30.8 Å². The summed E-state index contributed by atoms with van der Waals surface area (Å²) in [5.74, 6) is -0.0335. The number of rotatable bonds is 6. The highest BCUT2D eigenvalue weighted by Gasteiger charge is 2.34. The van der Waals surface area contributed by atoms with Gasteiger partial charge in [0.05, 0.1) is 4.90 Å². The van der Waals surface area contributed by atoms with Crippen LogP contribution in [0.2, 0.25) is 0 Å². The van der Waals surface area contributed by atoms with Crippen LogP contribution in [0.15, 0.2) is 41.3 Å². The van der Waals surface area contributed by atoms with E-state index in [0.717, 1.165) is 49.2 Å². The standard InChI is InChI=1S/C28H39N3O3S/c1-20-6-5-7-24(18-20)19-30-12-10-26(11-13-30)29-28(32)25-8-14-31(15-9-25)35(33,34)27-22(3)16-21(2)17-23(27)4/h5-7,16-18,25-26H,8-15,19H2,1-4H3,(H,29,32).